The maximum atomic E-state index is 10.9. The lowest BCUT2D eigenvalue weighted by atomic mass is 9.69. The van der Waals surface area contributed by atoms with Crippen molar-refractivity contribution in [1.29, 1.82) is 0 Å². The van der Waals surface area contributed by atoms with E-state index in [9.17, 15) is 4.79 Å². The average Bonchev–Trinajstić information content (AvgIpc) is 2.65. The van der Waals surface area contributed by atoms with E-state index in [1.165, 1.54) is 0 Å². The summed E-state index contributed by atoms with van der Waals surface area (Å²) in [6.07, 6.45) is 2.25. The molecule has 1 saturated carbocycles. The van der Waals surface area contributed by atoms with Crippen molar-refractivity contribution >= 4 is 5.97 Å². The summed E-state index contributed by atoms with van der Waals surface area (Å²) in [5.41, 5.74) is -0.172. The molecule has 1 heterocycles. The van der Waals surface area contributed by atoms with Crippen LogP contribution in [-0.4, -0.2) is 23.3 Å². The number of epoxide rings is 1. The lowest BCUT2D eigenvalue weighted by molar-refractivity contribution is -0.147. The summed E-state index contributed by atoms with van der Waals surface area (Å²) >= 11 is 0. The number of hydrogen-bond donors (Lipinski definition) is 1. The zero-order valence-corrected chi connectivity index (χ0v) is 7.41. The number of carboxylic acids is 1. The Morgan fingerprint density at radius 1 is 1.50 bits per heavy atom. The standard InChI is InChI=1S/C9H14O3/c1-9(2)5(8(10)11)3-4-6-7(9)12-6/h5-7H,3-4H2,1-2H3,(H,10,11). The second kappa shape index (κ2) is 2.22. The summed E-state index contributed by atoms with van der Waals surface area (Å²) in [7, 11) is 0. The van der Waals surface area contributed by atoms with E-state index >= 15 is 0 Å². The highest BCUT2D eigenvalue weighted by atomic mass is 16.6. The first-order valence-corrected chi connectivity index (χ1v) is 4.41. The summed E-state index contributed by atoms with van der Waals surface area (Å²) < 4.78 is 5.41. The summed E-state index contributed by atoms with van der Waals surface area (Å²) in [5.74, 6) is -0.893. The monoisotopic (exact) mass is 170 g/mol. The fourth-order valence-corrected chi connectivity index (χ4v) is 2.36. The molecular weight excluding hydrogens is 156 g/mol. The van der Waals surface area contributed by atoms with Crippen LogP contribution in [0.1, 0.15) is 26.7 Å². The predicted molar refractivity (Wildman–Crippen MR) is 42.8 cm³/mol. The summed E-state index contributed by atoms with van der Waals surface area (Å²) in [6, 6.07) is 0. The molecule has 2 fully saturated rings. The van der Waals surface area contributed by atoms with Gasteiger partial charge in [-0.1, -0.05) is 13.8 Å². The Hall–Kier alpha value is -0.570. The van der Waals surface area contributed by atoms with Gasteiger partial charge in [-0.25, -0.2) is 0 Å². The Morgan fingerprint density at radius 2 is 2.17 bits per heavy atom. The van der Waals surface area contributed by atoms with Crippen molar-refractivity contribution < 1.29 is 14.6 Å². The number of hydrogen-bond acceptors (Lipinski definition) is 2. The predicted octanol–water partition coefficient (Wildman–Crippen LogP) is 1.27. The molecule has 0 aromatic heterocycles. The van der Waals surface area contributed by atoms with Gasteiger partial charge in [-0.15, -0.1) is 0 Å². The molecule has 0 radical (unpaired) electrons. The van der Waals surface area contributed by atoms with Gasteiger partial charge in [-0.3, -0.25) is 4.79 Å². The van der Waals surface area contributed by atoms with E-state index < -0.39 is 5.97 Å². The Balaban J connectivity index is 2.18. The van der Waals surface area contributed by atoms with Gasteiger partial charge >= 0.3 is 5.97 Å². The first-order valence-electron chi connectivity index (χ1n) is 4.41. The van der Waals surface area contributed by atoms with Crippen LogP contribution < -0.4 is 0 Å². The van der Waals surface area contributed by atoms with Gasteiger partial charge in [0.15, 0.2) is 0 Å². The molecule has 68 valence electrons. The fourth-order valence-electron chi connectivity index (χ4n) is 2.36. The molecule has 0 bridgehead atoms. The molecule has 3 unspecified atom stereocenters. The van der Waals surface area contributed by atoms with E-state index in [1.54, 1.807) is 0 Å². The van der Waals surface area contributed by atoms with E-state index in [1.807, 2.05) is 13.8 Å². The highest BCUT2D eigenvalue weighted by molar-refractivity contribution is 5.71. The van der Waals surface area contributed by atoms with Gasteiger partial charge in [0.05, 0.1) is 18.1 Å². The van der Waals surface area contributed by atoms with Crippen molar-refractivity contribution in [1.82, 2.24) is 0 Å². The van der Waals surface area contributed by atoms with Crippen LogP contribution in [0.15, 0.2) is 0 Å². The molecule has 3 nitrogen and oxygen atoms in total. The minimum atomic E-state index is -0.672. The van der Waals surface area contributed by atoms with Gasteiger partial charge in [0, 0.05) is 5.41 Å². The van der Waals surface area contributed by atoms with Crippen molar-refractivity contribution in [2.24, 2.45) is 11.3 Å². The van der Waals surface area contributed by atoms with Gasteiger partial charge in [0.25, 0.3) is 0 Å². The minimum absolute atomic E-state index is 0.172. The first-order chi connectivity index (χ1) is 5.53. The quantitative estimate of drug-likeness (QED) is 0.603. The van der Waals surface area contributed by atoms with E-state index in [4.69, 9.17) is 9.84 Å². The van der Waals surface area contributed by atoms with Gasteiger partial charge < -0.3 is 9.84 Å². The molecule has 12 heavy (non-hydrogen) atoms. The Bertz CT molecular complexity index is 222. The molecular formula is C9H14O3. The van der Waals surface area contributed by atoms with E-state index in [2.05, 4.69) is 0 Å². The highest BCUT2D eigenvalue weighted by Crippen LogP contribution is 2.51. The zero-order chi connectivity index (χ0) is 8.93. The van der Waals surface area contributed by atoms with E-state index in [-0.39, 0.29) is 17.4 Å². The molecule has 0 aromatic carbocycles. The summed E-state index contributed by atoms with van der Waals surface area (Å²) in [5, 5.41) is 8.95. The second-order valence-electron chi connectivity index (χ2n) is 4.38. The van der Waals surface area contributed by atoms with Crippen LogP contribution in [-0.2, 0) is 9.53 Å². The second-order valence-corrected chi connectivity index (χ2v) is 4.38. The van der Waals surface area contributed by atoms with Crippen LogP contribution >= 0.6 is 0 Å². The van der Waals surface area contributed by atoms with Crippen molar-refractivity contribution in [2.45, 2.75) is 38.9 Å². The Morgan fingerprint density at radius 3 is 2.75 bits per heavy atom. The summed E-state index contributed by atoms with van der Waals surface area (Å²) in [6.45, 7) is 3.99. The molecule has 3 atom stereocenters. The largest absolute Gasteiger partial charge is 0.481 e. The van der Waals surface area contributed by atoms with E-state index in [0.717, 1.165) is 12.8 Å². The van der Waals surface area contributed by atoms with Crippen LogP contribution in [0.4, 0.5) is 0 Å². The van der Waals surface area contributed by atoms with Gasteiger partial charge in [-0.05, 0) is 12.8 Å². The average molecular weight is 170 g/mol. The number of ether oxygens (including phenoxy) is 1. The molecule has 2 rings (SSSR count). The molecule has 1 aliphatic heterocycles. The SMILES string of the molecule is CC1(C)C(C(=O)O)CCC2OC21. The molecule has 1 N–H and O–H groups in total. The van der Waals surface area contributed by atoms with Crippen LogP contribution in [0, 0.1) is 11.3 Å². The lowest BCUT2D eigenvalue weighted by Crippen LogP contribution is -2.39. The number of carboxylic acid groups (broad SMARTS) is 1. The van der Waals surface area contributed by atoms with Crippen LogP contribution in [0.25, 0.3) is 0 Å². The zero-order valence-electron chi connectivity index (χ0n) is 7.41. The maximum Gasteiger partial charge on any atom is 0.307 e. The molecule has 1 saturated heterocycles. The van der Waals surface area contributed by atoms with Gasteiger partial charge in [0.2, 0.25) is 0 Å². The third-order valence-corrected chi connectivity index (χ3v) is 3.25. The lowest BCUT2D eigenvalue weighted by Gasteiger charge is -2.32. The Kier molecular flexibility index (Phi) is 1.49. The molecule has 1 aliphatic carbocycles. The van der Waals surface area contributed by atoms with Crippen molar-refractivity contribution in [3.63, 3.8) is 0 Å². The highest BCUT2D eigenvalue weighted by Gasteiger charge is 2.58. The van der Waals surface area contributed by atoms with Gasteiger partial charge in [-0.2, -0.15) is 0 Å². The van der Waals surface area contributed by atoms with Gasteiger partial charge in [0.1, 0.15) is 0 Å². The molecule has 2 aliphatic rings. The third-order valence-electron chi connectivity index (χ3n) is 3.25. The number of carbonyl (C=O) groups is 1. The smallest absolute Gasteiger partial charge is 0.307 e. The molecule has 0 amide bonds. The molecule has 0 aromatic rings. The number of aliphatic carboxylic acids is 1. The minimum Gasteiger partial charge on any atom is -0.481 e. The van der Waals surface area contributed by atoms with Crippen molar-refractivity contribution in [3.8, 4) is 0 Å². The first kappa shape index (κ1) is 8.05. The van der Waals surface area contributed by atoms with Crippen LogP contribution in [0.5, 0.6) is 0 Å². The fraction of sp³-hybridized carbons (Fsp3) is 0.889. The third kappa shape index (κ3) is 0.959. The van der Waals surface area contributed by atoms with Crippen LogP contribution in [0.3, 0.4) is 0 Å². The normalized spacial score (nSPS) is 43.3. The van der Waals surface area contributed by atoms with Crippen LogP contribution in [0.2, 0.25) is 0 Å². The van der Waals surface area contributed by atoms with Crippen molar-refractivity contribution in [2.75, 3.05) is 0 Å². The topological polar surface area (TPSA) is 49.8 Å². The maximum absolute atomic E-state index is 10.9. The van der Waals surface area contributed by atoms with E-state index in [0.29, 0.717) is 6.10 Å². The molecule has 3 heteroatoms. The number of rotatable bonds is 1. The number of fused-ring (bicyclic) bond motifs is 1. The Labute approximate surface area is 71.7 Å². The molecule has 0 spiro atoms. The van der Waals surface area contributed by atoms with Crippen molar-refractivity contribution in [3.05, 3.63) is 0 Å². The summed E-state index contributed by atoms with van der Waals surface area (Å²) in [4.78, 5) is 10.9.